The molecule has 3 aromatic rings. The van der Waals surface area contributed by atoms with Crippen molar-refractivity contribution in [3.05, 3.63) is 71.3 Å². The highest BCUT2D eigenvalue weighted by Crippen LogP contribution is 2.43. The van der Waals surface area contributed by atoms with Crippen molar-refractivity contribution in [3.8, 4) is 5.69 Å². The molecule has 1 saturated heterocycles. The molecule has 1 aliphatic heterocycles. The second kappa shape index (κ2) is 10.2. The quantitative estimate of drug-likeness (QED) is 0.523. The number of hydrogen-bond acceptors (Lipinski definition) is 7. The number of amides is 1. The molecule has 4 rings (SSSR count). The maximum Gasteiger partial charge on any atom is 0.338 e. The zero-order chi connectivity index (χ0) is 21.6. The first kappa shape index (κ1) is 21.7. The predicted octanol–water partition coefficient (Wildman–Crippen LogP) is 4.58. The molecular weight excluding hydrogens is 456 g/mol. The largest absolute Gasteiger partial charge is 0.452 e. The van der Waals surface area contributed by atoms with E-state index < -0.39 is 18.5 Å². The molecule has 1 aliphatic rings. The van der Waals surface area contributed by atoms with Crippen LogP contribution < -0.4 is 5.32 Å². The number of benzene rings is 2. The van der Waals surface area contributed by atoms with Crippen molar-refractivity contribution >= 4 is 52.7 Å². The molecule has 2 aromatic carbocycles. The number of nitrogens with one attached hydrogen (secondary N) is 1. The van der Waals surface area contributed by atoms with Gasteiger partial charge in [0.2, 0.25) is 0 Å². The molecule has 0 spiro atoms. The van der Waals surface area contributed by atoms with E-state index in [-0.39, 0.29) is 0 Å². The number of hydrogen-bond donors (Lipinski definition) is 1. The van der Waals surface area contributed by atoms with Crippen molar-refractivity contribution in [3.63, 3.8) is 0 Å². The summed E-state index contributed by atoms with van der Waals surface area (Å²) >= 11 is 9.90. The van der Waals surface area contributed by atoms with Crippen molar-refractivity contribution in [1.82, 2.24) is 14.8 Å². The number of anilines is 1. The highest BCUT2D eigenvalue weighted by Gasteiger charge is 2.18. The third-order valence-electron chi connectivity index (χ3n) is 4.48. The lowest BCUT2D eigenvalue weighted by molar-refractivity contribution is -0.119. The summed E-state index contributed by atoms with van der Waals surface area (Å²) in [6.45, 7) is -0.418. The number of rotatable bonds is 6. The van der Waals surface area contributed by atoms with Gasteiger partial charge in [0.15, 0.2) is 6.61 Å². The standard InChI is InChI=1S/C21H19ClN4O3S2/c22-16-6-7-18(26-13-23-12-24-26)17(10-16)25-19(27)11-29-20(28)14-2-4-15(5-3-14)21-30-8-1-9-31-21/h2-7,10,12-13,21H,1,8-9,11H2,(H,25,27). The molecule has 10 heteroatoms. The predicted molar refractivity (Wildman–Crippen MR) is 124 cm³/mol. The Hall–Kier alpha value is -2.49. The van der Waals surface area contributed by atoms with Gasteiger partial charge in [-0.1, -0.05) is 23.7 Å². The van der Waals surface area contributed by atoms with Crippen LogP contribution in [0, 0.1) is 0 Å². The van der Waals surface area contributed by atoms with Crippen molar-refractivity contribution in [2.24, 2.45) is 0 Å². The number of thioether (sulfide) groups is 2. The van der Waals surface area contributed by atoms with Crippen molar-refractivity contribution < 1.29 is 14.3 Å². The van der Waals surface area contributed by atoms with Gasteiger partial charge in [0.05, 0.1) is 21.5 Å². The van der Waals surface area contributed by atoms with Gasteiger partial charge in [-0.2, -0.15) is 5.10 Å². The molecule has 0 bridgehead atoms. The van der Waals surface area contributed by atoms with E-state index in [0.29, 0.717) is 26.5 Å². The lowest BCUT2D eigenvalue weighted by Crippen LogP contribution is -2.21. The first-order valence-electron chi connectivity index (χ1n) is 9.55. The van der Waals surface area contributed by atoms with E-state index in [4.69, 9.17) is 16.3 Å². The zero-order valence-electron chi connectivity index (χ0n) is 16.4. The van der Waals surface area contributed by atoms with Gasteiger partial charge < -0.3 is 10.1 Å². The maximum absolute atomic E-state index is 12.4. The topological polar surface area (TPSA) is 86.1 Å². The zero-order valence-corrected chi connectivity index (χ0v) is 18.8. The number of carbonyl (C=O) groups is 2. The van der Waals surface area contributed by atoms with Crippen LogP contribution in [0.25, 0.3) is 5.69 Å². The van der Waals surface area contributed by atoms with Crippen LogP contribution in [0.1, 0.15) is 26.9 Å². The van der Waals surface area contributed by atoms with E-state index in [9.17, 15) is 9.59 Å². The van der Waals surface area contributed by atoms with Crippen LogP contribution >= 0.6 is 35.1 Å². The summed E-state index contributed by atoms with van der Waals surface area (Å²) < 4.78 is 7.09. The van der Waals surface area contributed by atoms with Gasteiger partial charge in [0, 0.05) is 5.02 Å². The van der Waals surface area contributed by atoms with Crippen molar-refractivity contribution in [1.29, 1.82) is 0 Å². The molecule has 160 valence electrons. The van der Waals surface area contributed by atoms with Crippen LogP contribution in [-0.2, 0) is 9.53 Å². The highest BCUT2D eigenvalue weighted by molar-refractivity contribution is 8.16. The van der Waals surface area contributed by atoms with Crippen molar-refractivity contribution in [2.45, 2.75) is 11.0 Å². The van der Waals surface area contributed by atoms with Gasteiger partial charge in [-0.05, 0) is 53.8 Å². The molecule has 0 radical (unpaired) electrons. The average Bonchev–Trinajstić information content (AvgIpc) is 3.33. The Morgan fingerprint density at radius 2 is 1.94 bits per heavy atom. The van der Waals surface area contributed by atoms with Gasteiger partial charge in [-0.3, -0.25) is 4.79 Å². The van der Waals surface area contributed by atoms with Gasteiger partial charge in [0.1, 0.15) is 12.7 Å². The molecule has 7 nitrogen and oxygen atoms in total. The monoisotopic (exact) mass is 474 g/mol. The van der Waals surface area contributed by atoms with E-state index in [0.717, 1.165) is 11.5 Å². The minimum absolute atomic E-state index is 0.404. The van der Waals surface area contributed by atoms with Gasteiger partial charge in [0.25, 0.3) is 5.91 Å². The van der Waals surface area contributed by atoms with E-state index in [1.807, 2.05) is 35.7 Å². The Labute approximate surface area is 192 Å². The van der Waals surface area contributed by atoms with Crippen molar-refractivity contribution in [2.75, 3.05) is 23.4 Å². The van der Waals surface area contributed by atoms with E-state index in [2.05, 4.69) is 15.4 Å². The van der Waals surface area contributed by atoms with Gasteiger partial charge in [-0.15, -0.1) is 23.5 Å². The Kier molecular flexibility index (Phi) is 7.16. The summed E-state index contributed by atoms with van der Waals surface area (Å²) in [5.41, 5.74) is 2.63. The number of ether oxygens (including phenoxy) is 1. The Balaban J connectivity index is 1.35. The summed E-state index contributed by atoms with van der Waals surface area (Å²) in [4.78, 5) is 28.6. The van der Waals surface area contributed by atoms with Crippen LogP contribution in [0.4, 0.5) is 5.69 Å². The minimum Gasteiger partial charge on any atom is -0.452 e. The molecule has 1 N–H and O–H groups in total. The fourth-order valence-corrected chi connectivity index (χ4v) is 6.06. The number of esters is 1. The number of halogens is 1. The molecule has 0 saturated carbocycles. The first-order chi connectivity index (χ1) is 15.1. The number of aromatic nitrogens is 3. The Bertz CT molecular complexity index is 1050. The summed E-state index contributed by atoms with van der Waals surface area (Å²) in [6.07, 6.45) is 4.12. The summed E-state index contributed by atoms with van der Waals surface area (Å²) in [5.74, 6) is 1.28. The molecule has 31 heavy (non-hydrogen) atoms. The van der Waals surface area contributed by atoms with E-state index in [1.165, 1.54) is 29.3 Å². The second-order valence-electron chi connectivity index (χ2n) is 6.67. The number of nitrogens with zero attached hydrogens (tertiary/aromatic N) is 3. The van der Waals surface area contributed by atoms with E-state index in [1.54, 1.807) is 30.3 Å². The maximum atomic E-state index is 12.4. The summed E-state index contributed by atoms with van der Waals surface area (Å²) in [7, 11) is 0. The van der Waals surface area contributed by atoms with Gasteiger partial charge in [-0.25, -0.2) is 14.5 Å². The van der Waals surface area contributed by atoms with Crippen LogP contribution in [0.15, 0.2) is 55.1 Å². The van der Waals surface area contributed by atoms with E-state index >= 15 is 0 Å². The Morgan fingerprint density at radius 3 is 2.65 bits per heavy atom. The molecule has 1 aromatic heterocycles. The SMILES string of the molecule is O=C(COC(=O)c1ccc(C2SCCCS2)cc1)Nc1cc(Cl)ccc1-n1cncn1. The second-order valence-corrected chi connectivity index (χ2v) is 9.84. The lowest BCUT2D eigenvalue weighted by Gasteiger charge is -2.21. The van der Waals surface area contributed by atoms with Crippen LogP contribution in [0.3, 0.4) is 0 Å². The molecular formula is C21H19ClN4O3S2. The molecule has 0 unspecified atom stereocenters. The molecule has 1 fully saturated rings. The summed E-state index contributed by atoms with van der Waals surface area (Å²) in [6, 6.07) is 12.4. The molecule has 0 atom stereocenters. The minimum atomic E-state index is -0.548. The van der Waals surface area contributed by atoms with Crippen LogP contribution in [-0.4, -0.2) is 44.8 Å². The smallest absolute Gasteiger partial charge is 0.338 e. The normalized spacial score (nSPS) is 14.2. The van der Waals surface area contributed by atoms with Gasteiger partial charge >= 0.3 is 5.97 Å². The molecule has 2 heterocycles. The third kappa shape index (κ3) is 5.61. The fourth-order valence-electron chi connectivity index (χ4n) is 3.00. The first-order valence-corrected chi connectivity index (χ1v) is 12.0. The molecule has 1 amide bonds. The highest BCUT2D eigenvalue weighted by atomic mass is 35.5. The summed E-state index contributed by atoms with van der Waals surface area (Å²) in [5, 5.41) is 7.21. The average molecular weight is 475 g/mol. The lowest BCUT2D eigenvalue weighted by atomic mass is 10.1. The number of carbonyl (C=O) groups excluding carboxylic acids is 2. The third-order valence-corrected chi connectivity index (χ3v) is 7.73. The Morgan fingerprint density at radius 1 is 1.16 bits per heavy atom. The molecule has 0 aliphatic carbocycles. The van der Waals surface area contributed by atoms with Crippen LogP contribution in [0.2, 0.25) is 5.02 Å². The fraction of sp³-hybridized carbons (Fsp3) is 0.238. The van der Waals surface area contributed by atoms with Crippen LogP contribution in [0.5, 0.6) is 0 Å².